The minimum absolute atomic E-state index is 0.375. The molecule has 62 valence electrons. The van der Waals surface area contributed by atoms with Gasteiger partial charge in [-0.05, 0) is 12.2 Å². The van der Waals surface area contributed by atoms with Crippen LogP contribution in [-0.2, 0) is 4.79 Å². The fourth-order valence-electron chi connectivity index (χ4n) is 1.72. The minimum atomic E-state index is 0.375. The molecule has 3 heteroatoms. The summed E-state index contributed by atoms with van der Waals surface area (Å²) in [5, 5.41) is 0. The average molecular weight is 188 g/mol. The largest absolute Gasteiger partial charge is 0.300 e. The van der Waals surface area contributed by atoms with Crippen LogP contribution in [0, 0.1) is 0 Å². The summed E-state index contributed by atoms with van der Waals surface area (Å²) in [4.78, 5) is 11.2. The van der Waals surface area contributed by atoms with Crippen molar-refractivity contribution >= 4 is 29.3 Å². The first kappa shape index (κ1) is 7.99. The fourth-order valence-corrected chi connectivity index (χ4v) is 5.00. The maximum Gasteiger partial charge on any atom is 0.135 e. The number of thioether (sulfide) groups is 2. The van der Waals surface area contributed by atoms with E-state index in [9.17, 15) is 4.79 Å². The van der Waals surface area contributed by atoms with E-state index in [1.165, 1.54) is 17.9 Å². The van der Waals surface area contributed by atoms with Crippen molar-refractivity contribution in [2.75, 3.05) is 17.3 Å². The second kappa shape index (κ2) is 3.02. The van der Waals surface area contributed by atoms with Crippen LogP contribution < -0.4 is 0 Å². The van der Waals surface area contributed by atoms with E-state index in [1.807, 2.05) is 23.5 Å². The SMILES string of the molecule is O=C1CCSC2(CCSC2)C1. The van der Waals surface area contributed by atoms with Gasteiger partial charge in [0.15, 0.2) is 0 Å². The third kappa shape index (κ3) is 1.59. The second-order valence-corrected chi connectivity index (χ2v) is 5.97. The lowest BCUT2D eigenvalue weighted by Crippen LogP contribution is -2.32. The molecule has 2 aliphatic heterocycles. The summed E-state index contributed by atoms with van der Waals surface area (Å²) in [5.74, 6) is 4.04. The van der Waals surface area contributed by atoms with Gasteiger partial charge in [0.05, 0.1) is 0 Å². The lowest BCUT2D eigenvalue weighted by Gasteiger charge is -2.30. The first-order valence-electron chi connectivity index (χ1n) is 4.04. The van der Waals surface area contributed by atoms with Gasteiger partial charge in [-0.2, -0.15) is 23.5 Å². The lowest BCUT2D eigenvalue weighted by molar-refractivity contribution is -0.119. The van der Waals surface area contributed by atoms with Crippen molar-refractivity contribution in [1.29, 1.82) is 0 Å². The number of Topliss-reactive ketones (excluding diaryl/α,β-unsaturated/α-hetero) is 1. The summed E-state index contributed by atoms with van der Waals surface area (Å²) in [7, 11) is 0. The minimum Gasteiger partial charge on any atom is -0.300 e. The molecular weight excluding hydrogens is 176 g/mol. The molecule has 1 nitrogen and oxygen atoms in total. The van der Waals surface area contributed by atoms with Gasteiger partial charge in [-0.25, -0.2) is 0 Å². The summed E-state index contributed by atoms with van der Waals surface area (Å²) < 4.78 is 0.375. The van der Waals surface area contributed by atoms with Crippen LogP contribution in [0.15, 0.2) is 0 Å². The Morgan fingerprint density at radius 3 is 2.91 bits per heavy atom. The van der Waals surface area contributed by atoms with Crippen molar-refractivity contribution in [1.82, 2.24) is 0 Å². The zero-order valence-corrected chi connectivity index (χ0v) is 8.10. The Labute approximate surface area is 75.7 Å². The van der Waals surface area contributed by atoms with Gasteiger partial charge in [0.25, 0.3) is 0 Å². The van der Waals surface area contributed by atoms with Crippen molar-refractivity contribution in [3.8, 4) is 0 Å². The summed E-state index contributed by atoms with van der Waals surface area (Å²) in [6.45, 7) is 0. The summed E-state index contributed by atoms with van der Waals surface area (Å²) in [6.07, 6.45) is 2.93. The smallest absolute Gasteiger partial charge is 0.135 e. The zero-order valence-electron chi connectivity index (χ0n) is 6.47. The topological polar surface area (TPSA) is 17.1 Å². The Morgan fingerprint density at radius 1 is 1.36 bits per heavy atom. The van der Waals surface area contributed by atoms with Crippen LogP contribution >= 0.6 is 23.5 Å². The van der Waals surface area contributed by atoms with Gasteiger partial charge < -0.3 is 0 Å². The van der Waals surface area contributed by atoms with Crippen molar-refractivity contribution in [3.05, 3.63) is 0 Å². The number of hydrogen-bond acceptors (Lipinski definition) is 3. The molecule has 11 heavy (non-hydrogen) atoms. The van der Waals surface area contributed by atoms with Crippen LogP contribution in [0.2, 0.25) is 0 Å². The van der Waals surface area contributed by atoms with Gasteiger partial charge in [0, 0.05) is 29.1 Å². The highest BCUT2D eigenvalue weighted by atomic mass is 32.2. The molecule has 0 aromatic rings. The monoisotopic (exact) mass is 188 g/mol. The van der Waals surface area contributed by atoms with Crippen molar-refractivity contribution < 1.29 is 4.79 Å². The normalized spacial score (nSPS) is 38.4. The Kier molecular flexibility index (Phi) is 2.19. The Hall–Kier alpha value is 0.370. The molecule has 0 bridgehead atoms. The first-order chi connectivity index (χ1) is 5.31. The predicted octanol–water partition coefficient (Wildman–Crippen LogP) is 1.96. The first-order valence-corrected chi connectivity index (χ1v) is 6.18. The van der Waals surface area contributed by atoms with E-state index in [0.717, 1.165) is 18.6 Å². The van der Waals surface area contributed by atoms with E-state index < -0.39 is 0 Å². The molecule has 1 atom stereocenters. The van der Waals surface area contributed by atoms with Crippen molar-refractivity contribution in [2.45, 2.75) is 24.0 Å². The molecule has 1 spiro atoms. The molecule has 0 aromatic carbocycles. The predicted molar refractivity (Wildman–Crippen MR) is 51.4 cm³/mol. The zero-order chi connectivity index (χ0) is 7.73. The molecule has 2 saturated heterocycles. The Morgan fingerprint density at radius 2 is 2.27 bits per heavy atom. The van der Waals surface area contributed by atoms with Gasteiger partial charge in [0.1, 0.15) is 5.78 Å². The molecule has 0 aromatic heterocycles. The third-order valence-electron chi connectivity index (χ3n) is 2.38. The van der Waals surface area contributed by atoms with Gasteiger partial charge in [0.2, 0.25) is 0 Å². The van der Waals surface area contributed by atoms with E-state index in [0.29, 0.717) is 10.5 Å². The Bertz CT molecular complexity index is 173. The molecule has 2 fully saturated rings. The van der Waals surface area contributed by atoms with Gasteiger partial charge in [-0.1, -0.05) is 0 Å². The van der Waals surface area contributed by atoms with Gasteiger partial charge >= 0.3 is 0 Å². The quantitative estimate of drug-likeness (QED) is 0.578. The molecule has 0 amide bonds. The highest BCUT2D eigenvalue weighted by Gasteiger charge is 2.39. The highest BCUT2D eigenvalue weighted by molar-refractivity contribution is 8.04. The van der Waals surface area contributed by atoms with Gasteiger partial charge in [-0.15, -0.1) is 0 Å². The summed E-state index contributed by atoms with van der Waals surface area (Å²) in [6, 6.07) is 0. The lowest BCUT2D eigenvalue weighted by atomic mass is 9.99. The Balaban J connectivity index is 2.05. The molecule has 0 radical (unpaired) electrons. The maximum absolute atomic E-state index is 11.2. The molecule has 1 unspecified atom stereocenters. The van der Waals surface area contributed by atoms with Crippen LogP contribution in [0.3, 0.4) is 0 Å². The van der Waals surface area contributed by atoms with Crippen LogP contribution in [0.25, 0.3) is 0 Å². The van der Waals surface area contributed by atoms with E-state index >= 15 is 0 Å². The number of rotatable bonds is 0. The number of ketones is 1. The van der Waals surface area contributed by atoms with Crippen molar-refractivity contribution in [3.63, 3.8) is 0 Å². The number of carbonyl (C=O) groups is 1. The van der Waals surface area contributed by atoms with E-state index in [4.69, 9.17) is 0 Å². The van der Waals surface area contributed by atoms with Crippen LogP contribution in [0.1, 0.15) is 19.3 Å². The molecular formula is C8H12OS2. The summed E-state index contributed by atoms with van der Waals surface area (Å²) in [5.41, 5.74) is 0. The molecule has 2 aliphatic rings. The van der Waals surface area contributed by atoms with E-state index in [1.54, 1.807) is 0 Å². The average Bonchev–Trinajstić information content (AvgIpc) is 2.37. The second-order valence-electron chi connectivity index (χ2n) is 3.30. The molecule has 2 rings (SSSR count). The number of hydrogen-bond donors (Lipinski definition) is 0. The number of carbonyl (C=O) groups excluding carboxylic acids is 1. The molecule has 0 N–H and O–H groups in total. The fraction of sp³-hybridized carbons (Fsp3) is 0.875. The van der Waals surface area contributed by atoms with Crippen LogP contribution in [-0.4, -0.2) is 27.8 Å². The maximum atomic E-state index is 11.2. The molecule has 2 heterocycles. The van der Waals surface area contributed by atoms with Crippen molar-refractivity contribution in [2.24, 2.45) is 0 Å². The summed E-state index contributed by atoms with van der Waals surface area (Å²) >= 11 is 4.04. The standard InChI is InChI=1S/C8H12OS2/c9-7-1-3-11-8(5-7)2-4-10-6-8/h1-6H2. The highest BCUT2D eigenvalue weighted by Crippen LogP contribution is 2.45. The van der Waals surface area contributed by atoms with Crippen LogP contribution in [0.5, 0.6) is 0 Å². The van der Waals surface area contributed by atoms with Crippen LogP contribution in [0.4, 0.5) is 0 Å². The van der Waals surface area contributed by atoms with E-state index in [2.05, 4.69) is 0 Å². The third-order valence-corrected chi connectivity index (χ3v) is 5.32. The van der Waals surface area contributed by atoms with Gasteiger partial charge in [-0.3, -0.25) is 4.79 Å². The molecule has 0 aliphatic carbocycles. The molecule has 0 saturated carbocycles. The van der Waals surface area contributed by atoms with E-state index in [-0.39, 0.29) is 0 Å².